The maximum atomic E-state index is 14.0. The minimum absolute atomic E-state index is 0.0403. The molecule has 0 saturated carbocycles. The van der Waals surface area contributed by atoms with Crippen LogP contribution in [0.1, 0.15) is 35.6 Å². The molecule has 224 valence electrons. The average molecular weight is 587 g/mol. The second-order valence-corrected chi connectivity index (χ2v) is 10.9. The van der Waals surface area contributed by atoms with E-state index in [1.54, 1.807) is 29.2 Å². The molecule has 0 unspecified atom stereocenters. The molecule has 0 N–H and O–H groups in total. The Hall–Kier alpha value is -4.57. The molecule has 1 aliphatic heterocycles. The van der Waals surface area contributed by atoms with Gasteiger partial charge in [-0.15, -0.1) is 0 Å². The van der Waals surface area contributed by atoms with Crippen molar-refractivity contribution < 1.29 is 23.5 Å². The summed E-state index contributed by atoms with van der Waals surface area (Å²) in [5, 5.41) is 0.410. The van der Waals surface area contributed by atoms with Crippen LogP contribution in [-0.4, -0.2) is 76.6 Å². The van der Waals surface area contributed by atoms with Gasteiger partial charge in [-0.3, -0.25) is 23.9 Å². The second kappa shape index (κ2) is 13.2. The molecule has 0 atom stereocenters. The van der Waals surface area contributed by atoms with Crippen molar-refractivity contribution in [2.75, 3.05) is 39.5 Å². The second-order valence-electron chi connectivity index (χ2n) is 10.9. The number of piperazine rings is 1. The summed E-state index contributed by atoms with van der Waals surface area (Å²) in [5.74, 6) is 0.703. The first-order valence-electron chi connectivity index (χ1n) is 14.3. The number of fused-ring (bicyclic) bond motifs is 1. The largest absolute Gasteiger partial charge is 0.489 e. The molecular formula is C33H35FN4O5. The summed E-state index contributed by atoms with van der Waals surface area (Å²) in [6.45, 7) is 6.95. The predicted octanol–water partition coefficient (Wildman–Crippen LogP) is 4.36. The van der Waals surface area contributed by atoms with Crippen LogP contribution >= 0.6 is 0 Å². The van der Waals surface area contributed by atoms with Gasteiger partial charge < -0.3 is 14.4 Å². The highest BCUT2D eigenvalue weighted by molar-refractivity contribution is 5.97. The van der Waals surface area contributed by atoms with E-state index in [2.05, 4.69) is 4.90 Å². The Morgan fingerprint density at radius 1 is 0.977 bits per heavy atom. The molecule has 9 nitrogen and oxygen atoms in total. The van der Waals surface area contributed by atoms with Crippen molar-refractivity contribution in [3.8, 4) is 17.2 Å². The van der Waals surface area contributed by atoms with E-state index in [9.17, 15) is 18.8 Å². The fraction of sp³-hybridized carbons (Fsp3) is 0.333. The molecule has 4 aromatic rings. The Labute approximate surface area is 249 Å². The molecule has 1 aromatic heterocycles. The van der Waals surface area contributed by atoms with Gasteiger partial charge in [-0.1, -0.05) is 29.8 Å². The van der Waals surface area contributed by atoms with E-state index >= 15 is 0 Å². The molecule has 0 bridgehead atoms. The summed E-state index contributed by atoms with van der Waals surface area (Å²) in [5.41, 5.74) is 1.81. The van der Waals surface area contributed by atoms with E-state index in [0.29, 0.717) is 66.6 Å². The Morgan fingerprint density at radius 3 is 2.40 bits per heavy atom. The Balaban J connectivity index is 1.41. The predicted molar refractivity (Wildman–Crippen MR) is 162 cm³/mol. The zero-order valence-corrected chi connectivity index (χ0v) is 24.6. The highest BCUT2D eigenvalue weighted by Crippen LogP contribution is 2.27. The van der Waals surface area contributed by atoms with E-state index in [-0.39, 0.29) is 29.7 Å². The number of para-hydroxylation sites is 1. The molecule has 1 fully saturated rings. The maximum absolute atomic E-state index is 14.0. The monoisotopic (exact) mass is 586 g/mol. The van der Waals surface area contributed by atoms with Crippen LogP contribution in [0.2, 0.25) is 0 Å². The number of carbonyl (C=O) groups is 2. The van der Waals surface area contributed by atoms with Gasteiger partial charge in [0.1, 0.15) is 17.3 Å². The summed E-state index contributed by atoms with van der Waals surface area (Å²) in [6.07, 6.45) is -0.213. The molecule has 2 heterocycles. The van der Waals surface area contributed by atoms with Gasteiger partial charge in [0.05, 0.1) is 29.2 Å². The van der Waals surface area contributed by atoms with Crippen molar-refractivity contribution in [2.24, 2.45) is 0 Å². The molecular weight excluding hydrogens is 551 g/mol. The van der Waals surface area contributed by atoms with Crippen LogP contribution in [0.15, 0.2) is 71.5 Å². The molecule has 1 aliphatic rings. The lowest BCUT2D eigenvalue weighted by Crippen LogP contribution is -2.50. The molecule has 1 saturated heterocycles. The summed E-state index contributed by atoms with van der Waals surface area (Å²) < 4.78 is 26.5. The van der Waals surface area contributed by atoms with E-state index in [4.69, 9.17) is 14.5 Å². The van der Waals surface area contributed by atoms with Gasteiger partial charge in [0.25, 0.3) is 11.5 Å². The van der Waals surface area contributed by atoms with Crippen molar-refractivity contribution in [1.82, 2.24) is 19.4 Å². The van der Waals surface area contributed by atoms with Gasteiger partial charge >= 0.3 is 0 Å². The molecule has 1 amide bonds. The van der Waals surface area contributed by atoms with Crippen molar-refractivity contribution in [3.05, 3.63) is 94.0 Å². The van der Waals surface area contributed by atoms with Crippen LogP contribution in [0.4, 0.5) is 4.39 Å². The van der Waals surface area contributed by atoms with Crippen LogP contribution in [0.3, 0.4) is 0 Å². The first kappa shape index (κ1) is 29.9. The summed E-state index contributed by atoms with van der Waals surface area (Å²) in [7, 11) is 0. The third-order valence-electron chi connectivity index (χ3n) is 7.32. The topological polar surface area (TPSA) is 94.0 Å². The lowest BCUT2D eigenvalue weighted by atomic mass is 10.1. The number of aromatic nitrogens is 2. The van der Waals surface area contributed by atoms with Gasteiger partial charge in [0.15, 0.2) is 19.1 Å². The molecule has 0 spiro atoms. The van der Waals surface area contributed by atoms with Crippen LogP contribution in [0.5, 0.6) is 11.5 Å². The molecule has 43 heavy (non-hydrogen) atoms. The fourth-order valence-electron chi connectivity index (χ4n) is 5.06. The quantitative estimate of drug-likeness (QED) is 0.255. The number of Topliss-reactive ketones (excluding diaryl/α,β-unsaturated/α-hetero) is 1. The maximum Gasteiger partial charge on any atom is 0.266 e. The Bertz CT molecular complexity index is 1680. The highest BCUT2D eigenvalue weighted by Gasteiger charge is 2.25. The van der Waals surface area contributed by atoms with Gasteiger partial charge in [0.2, 0.25) is 0 Å². The third-order valence-corrected chi connectivity index (χ3v) is 7.32. The SMILES string of the molecule is Cc1ccc(OCC(=O)N2CCN(Cc3nc4ccccc4c(=O)n3-c3cc(C(=O)CF)ccc3OC(C)C)CC2)cc1. The number of hydrogen-bond donors (Lipinski definition) is 0. The van der Waals surface area contributed by atoms with Crippen molar-refractivity contribution in [3.63, 3.8) is 0 Å². The molecule has 5 rings (SSSR count). The lowest BCUT2D eigenvalue weighted by Gasteiger charge is -2.34. The van der Waals surface area contributed by atoms with E-state index in [1.165, 1.54) is 16.7 Å². The lowest BCUT2D eigenvalue weighted by molar-refractivity contribution is -0.135. The van der Waals surface area contributed by atoms with Crippen LogP contribution in [0.25, 0.3) is 16.6 Å². The summed E-state index contributed by atoms with van der Waals surface area (Å²) in [6, 6.07) is 19.2. The van der Waals surface area contributed by atoms with Crippen LogP contribution in [-0.2, 0) is 11.3 Å². The van der Waals surface area contributed by atoms with Gasteiger partial charge in [-0.05, 0) is 63.2 Å². The number of carbonyl (C=O) groups excluding carboxylic acids is 2. The number of aryl methyl sites for hydroxylation is 1. The van der Waals surface area contributed by atoms with Crippen molar-refractivity contribution >= 4 is 22.6 Å². The Morgan fingerprint density at radius 2 is 1.70 bits per heavy atom. The van der Waals surface area contributed by atoms with E-state index in [1.807, 2.05) is 51.1 Å². The normalized spacial score (nSPS) is 13.8. The zero-order valence-electron chi connectivity index (χ0n) is 24.6. The van der Waals surface area contributed by atoms with Crippen molar-refractivity contribution in [2.45, 2.75) is 33.4 Å². The number of halogens is 1. The average Bonchev–Trinajstić information content (AvgIpc) is 3.01. The Kier molecular flexibility index (Phi) is 9.16. The number of ether oxygens (including phenoxy) is 2. The molecule has 0 radical (unpaired) electrons. The number of alkyl halides is 1. The number of benzene rings is 3. The van der Waals surface area contributed by atoms with Crippen LogP contribution < -0.4 is 15.0 Å². The minimum Gasteiger partial charge on any atom is -0.489 e. The van der Waals surface area contributed by atoms with Crippen molar-refractivity contribution in [1.29, 1.82) is 0 Å². The number of hydrogen-bond acceptors (Lipinski definition) is 7. The van der Waals surface area contributed by atoms with Crippen LogP contribution in [0, 0.1) is 6.92 Å². The summed E-state index contributed by atoms with van der Waals surface area (Å²) in [4.78, 5) is 47.8. The smallest absolute Gasteiger partial charge is 0.266 e. The summed E-state index contributed by atoms with van der Waals surface area (Å²) >= 11 is 0. The van der Waals surface area contributed by atoms with Gasteiger partial charge in [0, 0.05) is 31.7 Å². The number of amides is 1. The van der Waals surface area contributed by atoms with E-state index < -0.39 is 12.5 Å². The first-order valence-corrected chi connectivity index (χ1v) is 14.3. The molecule has 0 aliphatic carbocycles. The number of nitrogens with zero attached hydrogens (tertiary/aromatic N) is 4. The highest BCUT2D eigenvalue weighted by atomic mass is 19.1. The zero-order chi connectivity index (χ0) is 30.5. The van der Waals surface area contributed by atoms with Gasteiger partial charge in [-0.2, -0.15) is 0 Å². The molecule has 3 aromatic carbocycles. The first-order chi connectivity index (χ1) is 20.7. The van der Waals surface area contributed by atoms with E-state index in [0.717, 1.165) is 5.56 Å². The molecule has 10 heteroatoms. The van der Waals surface area contributed by atoms with Gasteiger partial charge in [-0.25, -0.2) is 9.37 Å². The third kappa shape index (κ3) is 6.91. The number of rotatable bonds is 10. The minimum atomic E-state index is -1.15. The number of ketones is 1. The fourth-order valence-corrected chi connectivity index (χ4v) is 5.06. The standard InChI is InChI=1S/C33H35FN4O5/c1-22(2)43-30-13-10-24(29(39)19-34)18-28(30)38-31(35-27-7-5-4-6-26(27)33(38)41)20-36-14-16-37(17-15-36)32(40)21-42-25-11-8-23(3)9-12-25/h4-13,18,22H,14-17,19-21H2,1-3H3.